The normalized spacial score (nSPS) is 21.1. The molecule has 1 fully saturated rings. The molecule has 3 N–H and O–H groups in total. The van der Waals surface area contributed by atoms with Crippen LogP contribution in [0.2, 0.25) is 0 Å². The number of phenolic OH excluding ortho intramolecular Hbond substituents is 1. The van der Waals surface area contributed by atoms with Crippen LogP contribution in [-0.2, 0) is 16.9 Å². The van der Waals surface area contributed by atoms with Gasteiger partial charge in [0.1, 0.15) is 17.1 Å². The second-order valence-electron chi connectivity index (χ2n) is 6.84. The van der Waals surface area contributed by atoms with Gasteiger partial charge in [-0.05, 0) is 29.8 Å². The zero-order valence-corrected chi connectivity index (χ0v) is 14.4. The number of nitrogens with zero attached hydrogens (tertiary/aromatic N) is 2. The molecule has 9 nitrogen and oxygen atoms in total. The Kier molecular flexibility index (Phi) is 3.24. The monoisotopic (exact) mass is 378 g/mol. The Morgan fingerprint density at radius 1 is 1.21 bits per heavy atom. The molecule has 0 radical (unpaired) electrons. The standard InChI is InChI=1S/C19H14N4O5/c24-12-2-1-10-8-23(16(25)13(10)6-12)9-19(17(26)21-18(27)22-19)15-5-11-7-20-4-3-14(11)28-15/h1-7,24H,8-9H2,(H2,21,22,26,27)/t19-/m0/s1. The number of aromatic nitrogens is 1. The van der Waals surface area contributed by atoms with E-state index in [0.717, 1.165) is 5.56 Å². The van der Waals surface area contributed by atoms with E-state index in [9.17, 15) is 19.5 Å². The first-order valence-electron chi connectivity index (χ1n) is 8.55. The van der Waals surface area contributed by atoms with Crippen molar-refractivity contribution in [3.8, 4) is 5.75 Å². The minimum Gasteiger partial charge on any atom is -0.508 e. The molecular weight excluding hydrogens is 364 g/mol. The Balaban J connectivity index is 1.56. The number of carbonyl (C=O) groups excluding carboxylic acids is 3. The summed E-state index contributed by atoms with van der Waals surface area (Å²) in [6.45, 7) is 0.132. The number of benzene rings is 1. The molecule has 4 heterocycles. The van der Waals surface area contributed by atoms with E-state index in [-0.39, 0.29) is 30.5 Å². The third kappa shape index (κ3) is 2.26. The van der Waals surface area contributed by atoms with Crippen molar-refractivity contribution in [2.24, 2.45) is 0 Å². The summed E-state index contributed by atoms with van der Waals surface area (Å²) in [6, 6.07) is 7.18. The number of fused-ring (bicyclic) bond motifs is 2. The lowest BCUT2D eigenvalue weighted by Gasteiger charge is -2.29. The number of imide groups is 1. The molecule has 3 aromatic rings. The van der Waals surface area contributed by atoms with Crippen molar-refractivity contribution in [1.29, 1.82) is 0 Å². The summed E-state index contributed by atoms with van der Waals surface area (Å²) >= 11 is 0. The van der Waals surface area contributed by atoms with Gasteiger partial charge in [-0.25, -0.2) is 4.79 Å². The lowest BCUT2D eigenvalue weighted by Crippen LogP contribution is -2.52. The van der Waals surface area contributed by atoms with Crippen molar-refractivity contribution in [3.05, 3.63) is 59.6 Å². The molecule has 2 aromatic heterocycles. The van der Waals surface area contributed by atoms with Crippen molar-refractivity contribution in [1.82, 2.24) is 20.5 Å². The highest BCUT2D eigenvalue weighted by Gasteiger charge is 2.53. The molecule has 2 aliphatic rings. The number of hydrogen-bond acceptors (Lipinski definition) is 6. The number of phenols is 1. The first kappa shape index (κ1) is 16.3. The molecule has 1 saturated heterocycles. The van der Waals surface area contributed by atoms with Crippen LogP contribution in [0.25, 0.3) is 11.0 Å². The average molecular weight is 378 g/mol. The molecule has 0 bridgehead atoms. The Morgan fingerprint density at radius 3 is 2.82 bits per heavy atom. The minimum atomic E-state index is -1.56. The van der Waals surface area contributed by atoms with Crippen LogP contribution in [0.3, 0.4) is 0 Å². The number of urea groups is 1. The van der Waals surface area contributed by atoms with Crippen LogP contribution in [0.15, 0.2) is 47.1 Å². The molecule has 0 unspecified atom stereocenters. The number of hydrogen-bond donors (Lipinski definition) is 3. The number of rotatable bonds is 3. The smallest absolute Gasteiger partial charge is 0.322 e. The zero-order valence-electron chi connectivity index (χ0n) is 14.4. The van der Waals surface area contributed by atoms with Gasteiger partial charge in [0.2, 0.25) is 0 Å². The van der Waals surface area contributed by atoms with Crippen LogP contribution in [-0.4, -0.2) is 39.4 Å². The molecule has 1 atom stereocenters. The van der Waals surface area contributed by atoms with Crippen LogP contribution in [0.4, 0.5) is 4.79 Å². The summed E-state index contributed by atoms with van der Waals surface area (Å²) in [4.78, 5) is 43.0. The topological polar surface area (TPSA) is 125 Å². The van der Waals surface area contributed by atoms with Crippen molar-refractivity contribution in [2.45, 2.75) is 12.1 Å². The third-order valence-electron chi connectivity index (χ3n) is 5.08. The van der Waals surface area contributed by atoms with Crippen LogP contribution >= 0.6 is 0 Å². The largest absolute Gasteiger partial charge is 0.508 e. The molecule has 0 spiro atoms. The predicted molar refractivity (Wildman–Crippen MR) is 95.2 cm³/mol. The maximum Gasteiger partial charge on any atom is 0.322 e. The third-order valence-corrected chi connectivity index (χ3v) is 5.08. The molecule has 1 aromatic carbocycles. The Hall–Kier alpha value is -3.88. The number of nitrogens with one attached hydrogen (secondary N) is 2. The van der Waals surface area contributed by atoms with Gasteiger partial charge in [-0.1, -0.05) is 6.07 Å². The Bertz CT molecular complexity index is 1140. The maximum absolute atomic E-state index is 12.8. The van der Waals surface area contributed by atoms with Crippen LogP contribution in [0.1, 0.15) is 21.7 Å². The van der Waals surface area contributed by atoms with E-state index < -0.39 is 17.5 Å². The minimum absolute atomic E-state index is 0.0136. The summed E-state index contributed by atoms with van der Waals surface area (Å²) in [5, 5.41) is 15.2. The van der Waals surface area contributed by atoms with Crippen molar-refractivity contribution in [3.63, 3.8) is 0 Å². The lowest BCUT2D eigenvalue weighted by atomic mass is 9.95. The van der Waals surface area contributed by atoms with E-state index in [0.29, 0.717) is 16.5 Å². The predicted octanol–water partition coefficient (Wildman–Crippen LogP) is 1.22. The van der Waals surface area contributed by atoms with Gasteiger partial charge >= 0.3 is 6.03 Å². The average Bonchev–Trinajstić information content (AvgIpc) is 3.31. The number of pyridine rings is 1. The highest BCUT2D eigenvalue weighted by atomic mass is 16.3. The highest BCUT2D eigenvalue weighted by molar-refractivity contribution is 6.08. The SMILES string of the molecule is O=C1NC(=O)[C@](CN2Cc3ccc(O)cc3C2=O)(c2cc3cnccc3o2)N1. The first-order valence-corrected chi connectivity index (χ1v) is 8.55. The first-order chi connectivity index (χ1) is 13.5. The zero-order chi connectivity index (χ0) is 19.5. The van der Waals surface area contributed by atoms with Gasteiger partial charge in [-0.2, -0.15) is 0 Å². The van der Waals surface area contributed by atoms with Gasteiger partial charge in [0, 0.05) is 29.9 Å². The second-order valence-corrected chi connectivity index (χ2v) is 6.84. The van der Waals surface area contributed by atoms with Crippen molar-refractivity contribution in [2.75, 3.05) is 6.54 Å². The Morgan fingerprint density at radius 2 is 2.07 bits per heavy atom. The van der Waals surface area contributed by atoms with Gasteiger partial charge in [-0.3, -0.25) is 19.9 Å². The summed E-state index contributed by atoms with van der Waals surface area (Å²) in [5.74, 6) is -0.737. The fraction of sp³-hybridized carbons (Fsp3) is 0.158. The van der Waals surface area contributed by atoms with Crippen molar-refractivity contribution >= 4 is 28.8 Å². The quantitative estimate of drug-likeness (QED) is 0.589. The van der Waals surface area contributed by atoms with Gasteiger partial charge < -0.3 is 19.7 Å². The van der Waals surface area contributed by atoms with Gasteiger partial charge in [0.05, 0.1) is 6.54 Å². The fourth-order valence-corrected chi connectivity index (χ4v) is 3.71. The van der Waals surface area contributed by atoms with E-state index in [1.165, 1.54) is 17.0 Å². The molecule has 0 aliphatic carbocycles. The van der Waals surface area contributed by atoms with E-state index in [1.807, 2.05) is 0 Å². The molecule has 28 heavy (non-hydrogen) atoms. The second kappa shape index (κ2) is 5.56. The van der Waals surface area contributed by atoms with E-state index in [1.54, 1.807) is 30.6 Å². The lowest BCUT2D eigenvalue weighted by molar-refractivity contribution is -0.125. The molecule has 9 heteroatoms. The van der Waals surface area contributed by atoms with E-state index in [4.69, 9.17) is 4.42 Å². The van der Waals surface area contributed by atoms with Crippen LogP contribution in [0, 0.1) is 0 Å². The number of aromatic hydroxyl groups is 1. The van der Waals surface area contributed by atoms with E-state index >= 15 is 0 Å². The number of furan rings is 1. The fourth-order valence-electron chi connectivity index (χ4n) is 3.71. The maximum atomic E-state index is 12.8. The number of amides is 4. The van der Waals surface area contributed by atoms with Crippen LogP contribution in [0.5, 0.6) is 5.75 Å². The molecule has 5 rings (SSSR count). The molecule has 2 aliphatic heterocycles. The van der Waals surface area contributed by atoms with Gasteiger partial charge in [-0.15, -0.1) is 0 Å². The molecule has 4 amide bonds. The van der Waals surface area contributed by atoms with Crippen molar-refractivity contribution < 1.29 is 23.9 Å². The van der Waals surface area contributed by atoms with Gasteiger partial charge in [0.25, 0.3) is 11.8 Å². The van der Waals surface area contributed by atoms with E-state index in [2.05, 4.69) is 15.6 Å². The Labute approximate surface area is 158 Å². The summed E-state index contributed by atoms with van der Waals surface area (Å²) in [5.41, 5.74) is 0.0556. The molecular formula is C19H14N4O5. The summed E-state index contributed by atoms with van der Waals surface area (Å²) < 4.78 is 5.82. The van der Waals surface area contributed by atoms with Crippen LogP contribution < -0.4 is 10.6 Å². The van der Waals surface area contributed by atoms with Gasteiger partial charge in [0.15, 0.2) is 5.54 Å². The summed E-state index contributed by atoms with van der Waals surface area (Å²) in [7, 11) is 0. The molecule has 140 valence electrons. The molecule has 0 saturated carbocycles. The number of carbonyl (C=O) groups is 3. The summed E-state index contributed by atoms with van der Waals surface area (Å²) in [6.07, 6.45) is 3.15. The highest BCUT2D eigenvalue weighted by Crippen LogP contribution is 2.34.